The molecule has 0 aliphatic carbocycles. The van der Waals surface area contributed by atoms with Crippen molar-refractivity contribution >= 4 is 41.3 Å². The average Bonchev–Trinajstić information content (AvgIpc) is 2.97. The third-order valence-electron chi connectivity index (χ3n) is 3.57. The Morgan fingerprint density at radius 1 is 1.27 bits per heavy atom. The Balaban J connectivity index is 0.00000441. The predicted octanol–water partition coefficient (Wildman–Crippen LogP) is 2.93. The maximum absolute atomic E-state index is 10.3. The number of thiazole rings is 1. The van der Waals surface area contributed by atoms with Gasteiger partial charge in [0, 0.05) is 24.2 Å². The van der Waals surface area contributed by atoms with Gasteiger partial charge in [-0.25, -0.2) is 9.98 Å². The molecule has 7 heteroatoms. The minimum atomic E-state index is -0.674. The van der Waals surface area contributed by atoms with Gasteiger partial charge >= 0.3 is 0 Å². The first-order chi connectivity index (χ1) is 10.1. The number of guanidine groups is 1. The fraction of sp³-hybridized carbons (Fsp3) is 0.733. The third kappa shape index (κ3) is 7.23. The maximum Gasteiger partial charge on any atom is 0.191 e. The van der Waals surface area contributed by atoms with Gasteiger partial charge in [0.05, 0.1) is 12.1 Å². The minimum Gasteiger partial charge on any atom is -0.388 e. The predicted molar refractivity (Wildman–Crippen MR) is 105 cm³/mol. The summed E-state index contributed by atoms with van der Waals surface area (Å²) in [7, 11) is 0. The number of halogens is 1. The molecule has 0 atom stereocenters. The monoisotopic (exact) mass is 440 g/mol. The summed E-state index contributed by atoms with van der Waals surface area (Å²) in [4.78, 5) is 10.2. The van der Waals surface area contributed by atoms with Crippen molar-refractivity contribution in [3.8, 4) is 0 Å². The molecule has 0 aromatic carbocycles. The van der Waals surface area contributed by atoms with Crippen LogP contribution >= 0.6 is 35.3 Å². The van der Waals surface area contributed by atoms with Crippen LogP contribution in [0.4, 0.5) is 0 Å². The van der Waals surface area contributed by atoms with Gasteiger partial charge in [0.2, 0.25) is 0 Å². The summed E-state index contributed by atoms with van der Waals surface area (Å²) in [5, 5.41) is 17.7. The molecule has 0 aliphatic heterocycles. The molecule has 0 fully saturated rings. The molecule has 1 heterocycles. The van der Waals surface area contributed by atoms with E-state index in [2.05, 4.69) is 27.5 Å². The van der Waals surface area contributed by atoms with Crippen molar-refractivity contribution in [2.24, 2.45) is 4.99 Å². The zero-order valence-corrected chi connectivity index (χ0v) is 17.1. The Morgan fingerprint density at radius 3 is 2.45 bits per heavy atom. The molecular weight excluding hydrogens is 411 g/mol. The van der Waals surface area contributed by atoms with Gasteiger partial charge < -0.3 is 15.7 Å². The number of rotatable bonds is 8. The van der Waals surface area contributed by atoms with Gasteiger partial charge in [-0.1, -0.05) is 20.8 Å². The number of hydrogen-bond donors (Lipinski definition) is 3. The Hall–Kier alpha value is -0.410. The second-order valence-corrected chi connectivity index (χ2v) is 6.25. The molecule has 0 amide bonds. The standard InChI is InChI=1S/C15H28N4OS.HI/c1-5-12-9-17-13(21-12)10-18-14(16-8-4)19-11-15(20,6-2)7-3;/h9,20H,5-8,10-11H2,1-4H3,(H2,16,18,19);1H. The van der Waals surface area contributed by atoms with E-state index in [0.29, 0.717) is 13.1 Å². The molecule has 0 bridgehead atoms. The molecule has 0 saturated heterocycles. The normalized spacial score (nSPS) is 12.0. The summed E-state index contributed by atoms with van der Waals surface area (Å²) in [5.74, 6) is 0.728. The smallest absolute Gasteiger partial charge is 0.191 e. The molecule has 0 radical (unpaired) electrons. The van der Waals surface area contributed by atoms with Crippen molar-refractivity contribution in [1.82, 2.24) is 15.6 Å². The lowest BCUT2D eigenvalue weighted by molar-refractivity contribution is 0.0367. The van der Waals surface area contributed by atoms with Crippen molar-refractivity contribution < 1.29 is 5.11 Å². The lowest BCUT2D eigenvalue weighted by atomic mass is 9.98. The number of aromatic nitrogens is 1. The van der Waals surface area contributed by atoms with Crippen molar-refractivity contribution in [1.29, 1.82) is 0 Å². The highest BCUT2D eigenvalue weighted by atomic mass is 127. The molecule has 1 aromatic rings. The number of hydrogen-bond acceptors (Lipinski definition) is 4. The number of aliphatic hydroxyl groups is 1. The number of nitrogens with one attached hydrogen (secondary N) is 2. The largest absolute Gasteiger partial charge is 0.388 e. The van der Waals surface area contributed by atoms with Gasteiger partial charge in [-0.05, 0) is 26.2 Å². The van der Waals surface area contributed by atoms with Crippen LogP contribution in [0.3, 0.4) is 0 Å². The van der Waals surface area contributed by atoms with Crippen molar-refractivity contribution in [3.05, 3.63) is 16.1 Å². The quantitative estimate of drug-likeness (QED) is 0.330. The summed E-state index contributed by atoms with van der Waals surface area (Å²) in [5.41, 5.74) is -0.674. The summed E-state index contributed by atoms with van der Waals surface area (Å²) in [6, 6.07) is 0. The van der Waals surface area contributed by atoms with E-state index in [1.807, 2.05) is 27.0 Å². The Labute approximate surface area is 155 Å². The van der Waals surface area contributed by atoms with E-state index in [-0.39, 0.29) is 24.0 Å². The van der Waals surface area contributed by atoms with Crippen LogP contribution in [-0.4, -0.2) is 34.7 Å². The van der Waals surface area contributed by atoms with Crippen LogP contribution in [0.15, 0.2) is 11.2 Å². The third-order valence-corrected chi connectivity index (χ3v) is 4.69. The van der Waals surface area contributed by atoms with E-state index >= 15 is 0 Å². The molecule has 0 aliphatic rings. The van der Waals surface area contributed by atoms with Crippen LogP contribution in [0.25, 0.3) is 0 Å². The van der Waals surface area contributed by atoms with Gasteiger partial charge in [-0.2, -0.15) is 0 Å². The van der Waals surface area contributed by atoms with E-state index in [1.165, 1.54) is 4.88 Å². The highest BCUT2D eigenvalue weighted by molar-refractivity contribution is 14.0. The Morgan fingerprint density at radius 2 is 1.95 bits per heavy atom. The minimum absolute atomic E-state index is 0. The van der Waals surface area contributed by atoms with E-state index in [9.17, 15) is 5.11 Å². The first-order valence-corrected chi connectivity index (χ1v) is 8.56. The topological polar surface area (TPSA) is 69.5 Å². The first-order valence-electron chi connectivity index (χ1n) is 7.75. The number of nitrogens with zero attached hydrogens (tertiary/aromatic N) is 2. The van der Waals surface area contributed by atoms with E-state index < -0.39 is 5.60 Å². The molecule has 22 heavy (non-hydrogen) atoms. The highest BCUT2D eigenvalue weighted by Gasteiger charge is 2.22. The second kappa shape index (κ2) is 11.2. The lowest BCUT2D eigenvalue weighted by Crippen LogP contribution is -2.46. The van der Waals surface area contributed by atoms with E-state index in [4.69, 9.17) is 0 Å². The zero-order chi connectivity index (χ0) is 15.7. The fourth-order valence-electron chi connectivity index (χ4n) is 1.82. The van der Waals surface area contributed by atoms with Crippen LogP contribution in [0.2, 0.25) is 0 Å². The molecule has 1 aromatic heterocycles. The number of aryl methyl sites for hydroxylation is 1. The molecule has 0 spiro atoms. The van der Waals surface area contributed by atoms with Crippen LogP contribution in [0.1, 0.15) is 50.4 Å². The van der Waals surface area contributed by atoms with Crippen LogP contribution in [-0.2, 0) is 13.0 Å². The van der Waals surface area contributed by atoms with Gasteiger partial charge in [0.1, 0.15) is 5.01 Å². The molecule has 0 unspecified atom stereocenters. The SMILES string of the molecule is CCNC(=NCc1ncc(CC)s1)NCC(O)(CC)CC.I. The van der Waals surface area contributed by atoms with Crippen molar-refractivity contribution in [2.45, 2.75) is 59.1 Å². The van der Waals surface area contributed by atoms with E-state index in [1.54, 1.807) is 11.3 Å². The molecule has 5 nitrogen and oxygen atoms in total. The molecule has 128 valence electrons. The first kappa shape index (κ1) is 21.6. The second-order valence-electron chi connectivity index (χ2n) is 5.05. The number of aliphatic imine (C=N–C) groups is 1. The maximum atomic E-state index is 10.3. The summed E-state index contributed by atoms with van der Waals surface area (Å²) < 4.78 is 0. The molecule has 3 N–H and O–H groups in total. The van der Waals surface area contributed by atoms with Crippen molar-refractivity contribution in [2.75, 3.05) is 13.1 Å². The Bertz CT molecular complexity index is 447. The lowest BCUT2D eigenvalue weighted by Gasteiger charge is -2.26. The molecule has 0 saturated carbocycles. The van der Waals surface area contributed by atoms with Gasteiger partial charge in [0.15, 0.2) is 5.96 Å². The van der Waals surface area contributed by atoms with Gasteiger partial charge in [-0.15, -0.1) is 35.3 Å². The van der Waals surface area contributed by atoms with Crippen LogP contribution in [0, 0.1) is 0 Å². The van der Waals surface area contributed by atoms with Crippen LogP contribution < -0.4 is 10.6 Å². The van der Waals surface area contributed by atoms with Gasteiger partial charge in [0.25, 0.3) is 0 Å². The summed E-state index contributed by atoms with van der Waals surface area (Å²) >= 11 is 1.70. The van der Waals surface area contributed by atoms with Crippen LogP contribution in [0.5, 0.6) is 0 Å². The Kier molecular flexibility index (Phi) is 11.0. The zero-order valence-electron chi connectivity index (χ0n) is 14.0. The molecule has 1 rings (SSSR count). The average molecular weight is 440 g/mol. The molecular formula is C15H29IN4OS. The fourth-order valence-corrected chi connectivity index (χ4v) is 2.61. The van der Waals surface area contributed by atoms with Crippen molar-refractivity contribution in [3.63, 3.8) is 0 Å². The summed E-state index contributed by atoms with van der Waals surface area (Å²) in [6.45, 7) is 10.0. The van der Waals surface area contributed by atoms with E-state index in [0.717, 1.165) is 36.8 Å². The highest BCUT2D eigenvalue weighted by Crippen LogP contribution is 2.14. The van der Waals surface area contributed by atoms with Gasteiger partial charge in [-0.3, -0.25) is 0 Å². The summed E-state index contributed by atoms with van der Waals surface area (Å²) in [6.07, 6.45) is 4.38.